The van der Waals surface area contributed by atoms with Gasteiger partial charge in [-0.1, -0.05) is 54.1 Å². The third-order valence-corrected chi connectivity index (χ3v) is 4.31. The number of nitro groups is 1. The number of amidine groups is 1. The smallest absolute Gasteiger partial charge is 0.259 e. The van der Waals surface area contributed by atoms with E-state index in [0.29, 0.717) is 22.1 Å². The van der Waals surface area contributed by atoms with E-state index in [9.17, 15) is 10.1 Å². The number of nitrogens with zero attached hydrogens (tertiary/aromatic N) is 4. The van der Waals surface area contributed by atoms with Crippen LogP contribution in [0, 0.1) is 10.1 Å². The molecule has 1 aliphatic heterocycles. The first-order valence-corrected chi connectivity index (χ1v) is 8.51. The van der Waals surface area contributed by atoms with E-state index in [0.717, 1.165) is 5.69 Å². The lowest BCUT2D eigenvalue weighted by molar-refractivity contribution is -0.384. The second kappa shape index (κ2) is 6.97. The van der Waals surface area contributed by atoms with Crippen molar-refractivity contribution in [3.05, 3.63) is 99.6 Å². The van der Waals surface area contributed by atoms with Crippen LogP contribution in [0.3, 0.4) is 0 Å². The van der Waals surface area contributed by atoms with Gasteiger partial charge in [-0.25, -0.2) is 0 Å². The van der Waals surface area contributed by atoms with Crippen LogP contribution in [0.2, 0.25) is 5.02 Å². The molecule has 1 aliphatic rings. The molecule has 0 fully saturated rings. The lowest BCUT2D eigenvalue weighted by Gasteiger charge is -2.28. The Morgan fingerprint density at radius 2 is 1.70 bits per heavy atom. The average molecular weight is 380 g/mol. The Bertz CT molecular complexity index is 1030. The number of hydrazone groups is 1. The molecule has 3 aromatic carbocycles. The first-order chi connectivity index (χ1) is 13.1. The van der Waals surface area contributed by atoms with Gasteiger partial charge in [-0.3, -0.25) is 15.5 Å². The van der Waals surface area contributed by atoms with Crippen LogP contribution >= 0.6 is 11.6 Å². The molecule has 0 saturated heterocycles. The second-order valence-electron chi connectivity index (χ2n) is 5.76. The van der Waals surface area contributed by atoms with E-state index in [1.165, 1.54) is 12.1 Å². The Morgan fingerprint density at radius 1 is 0.963 bits per heavy atom. The first-order valence-electron chi connectivity index (χ1n) is 8.13. The molecule has 27 heavy (non-hydrogen) atoms. The molecule has 0 atom stereocenters. The largest absolute Gasteiger partial charge is 0.270 e. The van der Waals surface area contributed by atoms with Crippen LogP contribution < -0.4 is 15.7 Å². The highest BCUT2D eigenvalue weighted by Crippen LogP contribution is 2.31. The van der Waals surface area contributed by atoms with Crippen molar-refractivity contribution in [2.75, 3.05) is 10.2 Å². The van der Waals surface area contributed by atoms with Crippen molar-refractivity contribution < 1.29 is 4.92 Å². The minimum absolute atomic E-state index is 0.000505. The molecular weight excluding hydrogens is 366 g/mol. The van der Waals surface area contributed by atoms with Gasteiger partial charge < -0.3 is 0 Å². The molecule has 0 aromatic heterocycles. The fourth-order valence-corrected chi connectivity index (χ4v) is 2.93. The zero-order chi connectivity index (χ0) is 18.8. The van der Waals surface area contributed by atoms with Crippen LogP contribution in [-0.4, -0.2) is 10.8 Å². The maximum atomic E-state index is 11.1. The fourth-order valence-electron chi connectivity index (χ4n) is 2.72. The summed E-state index contributed by atoms with van der Waals surface area (Å²) >= 11 is 6.36. The molecular formula is C19H14ClN5O2. The van der Waals surface area contributed by atoms with E-state index in [4.69, 9.17) is 11.6 Å². The van der Waals surface area contributed by atoms with Crippen LogP contribution in [0.15, 0.2) is 84.0 Å². The monoisotopic (exact) mass is 379 g/mol. The van der Waals surface area contributed by atoms with E-state index in [1.807, 2.05) is 48.5 Å². The van der Waals surface area contributed by atoms with E-state index < -0.39 is 4.92 Å². The normalized spacial score (nSPS) is 13.3. The topological polar surface area (TPSA) is 74.0 Å². The van der Waals surface area contributed by atoms with Gasteiger partial charge in [-0.05, 0) is 24.3 Å². The molecule has 0 aliphatic carbocycles. The molecule has 134 valence electrons. The van der Waals surface area contributed by atoms with Gasteiger partial charge in [-0.2, -0.15) is 5.12 Å². The van der Waals surface area contributed by atoms with Crippen LogP contribution in [0.4, 0.5) is 17.1 Å². The highest BCUT2D eigenvalue weighted by Gasteiger charge is 2.28. The predicted octanol–water partition coefficient (Wildman–Crippen LogP) is 4.36. The van der Waals surface area contributed by atoms with Crippen LogP contribution in [0.5, 0.6) is 0 Å². The maximum absolute atomic E-state index is 11.1. The van der Waals surface area contributed by atoms with Crippen LogP contribution in [0.25, 0.3) is 0 Å². The molecule has 0 bridgehead atoms. The van der Waals surface area contributed by atoms with Gasteiger partial charge in [0, 0.05) is 17.7 Å². The lowest BCUT2D eigenvalue weighted by Crippen LogP contribution is -2.44. The second-order valence-corrected chi connectivity index (χ2v) is 6.16. The molecule has 3 aromatic rings. The number of para-hydroxylation sites is 2. The number of benzene rings is 3. The summed E-state index contributed by atoms with van der Waals surface area (Å²) in [6, 6.07) is 23.2. The van der Waals surface area contributed by atoms with E-state index in [2.05, 4.69) is 10.5 Å². The molecule has 8 heteroatoms. The highest BCUT2D eigenvalue weighted by molar-refractivity contribution is 6.33. The number of hydrogen-bond acceptors (Lipinski definition) is 6. The highest BCUT2D eigenvalue weighted by atomic mass is 35.5. The molecule has 0 radical (unpaired) electrons. The minimum atomic E-state index is -0.431. The Hall–Kier alpha value is -3.58. The minimum Gasteiger partial charge on any atom is -0.259 e. The summed E-state index contributed by atoms with van der Waals surface area (Å²) in [7, 11) is 0. The molecule has 7 nitrogen and oxygen atoms in total. The average Bonchev–Trinajstić information content (AvgIpc) is 3.14. The molecule has 0 amide bonds. The fraction of sp³-hybridized carbons (Fsp3) is 0. The summed E-state index contributed by atoms with van der Waals surface area (Å²) in [5.74, 6) is 0.475. The lowest BCUT2D eigenvalue weighted by atomic mass is 10.2. The quantitative estimate of drug-likeness (QED) is 0.538. The van der Waals surface area contributed by atoms with Gasteiger partial charge in [0.05, 0.1) is 15.6 Å². The zero-order valence-electron chi connectivity index (χ0n) is 14.0. The molecule has 0 spiro atoms. The van der Waals surface area contributed by atoms with Crippen molar-refractivity contribution in [3.8, 4) is 0 Å². The number of rotatable bonds is 4. The van der Waals surface area contributed by atoms with Crippen LogP contribution in [-0.2, 0) is 0 Å². The van der Waals surface area contributed by atoms with Gasteiger partial charge >= 0.3 is 0 Å². The Balaban J connectivity index is 1.78. The molecule has 4 rings (SSSR count). The Kier molecular flexibility index (Phi) is 4.35. The van der Waals surface area contributed by atoms with Crippen molar-refractivity contribution in [1.29, 1.82) is 0 Å². The molecule has 0 saturated carbocycles. The summed E-state index contributed by atoms with van der Waals surface area (Å²) in [4.78, 5) is 10.7. The van der Waals surface area contributed by atoms with Crippen LogP contribution in [0.1, 0.15) is 5.56 Å². The molecule has 1 heterocycles. The Labute approximate surface area is 160 Å². The van der Waals surface area contributed by atoms with Gasteiger partial charge in [0.25, 0.3) is 5.69 Å². The van der Waals surface area contributed by atoms with Crippen molar-refractivity contribution in [3.63, 3.8) is 0 Å². The van der Waals surface area contributed by atoms with E-state index in [-0.39, 0.29) is 5.69 Å². The van der Waals surface area contributed by atoms with Crippen molar-refractivity contribution in [1.82, 2.24) is 5.43 Å². The van der Waals surface area contributed by atoms with Gasteiger partial charge in [0.1, 0.15) is 5.69 Å². The third kappa shape index (κ3) is 3.28. The predicted molar refractivity (Wildman–Crippen MR) is 106 cm³/mol. The summed E-state index contributed by atoms with van der Waals surface area (Å²) < 4.78 is 0. The standard InChI is InChI=1S/C19H14ClN5O2/c20-17-11-4-5-12-18(17)24-22-19(14-7-6-10-16(13-14)25(26)27)21-23(24)15-8-2-1-3-9-15/h1-13H,(H,21,22). The van der Waals surface area contributed by atoms with Gasteiger partial charge in [0.2, 0.25) is 0 Å². The first kappa shape index (κ1) is 16.9. The number of nitrogens with one attached hydrogen (secondary N) is 1. The summed E-state index contributed by atoms with van der Waals surface area (Å²) in [6.45, 7) is 0. The number of nitro benzene ring substituents is 1. The summed E-state index contributed by atoms with van der Waals surface area (Å²) in [5, 5.41) is 19.6. The van der Waals surface area contributed by atoms with E-state index in [1.54, 1.807) is 28.4 Å². The number of halogens is 1. The zero-order valence-corrected chi connectivity index (χ0v) is 14.7. The molecule has 0 unspecified atom stereocenters. The third-order valence-electron chi connectivity index (χ3n) is 4.00. The van der Waals surface area contributed by atoms with Gasteiger partial charge in [0.15, 0.2) is 5.84 Å². The SMILES string of the molecule is O=[N+]([O-])c1cccc(C2=NN(c3ccccc3Cl)N(c3ccccc3)N2)c1. The molecule has 1 N–H and O–H groups in total. The van der Waals surface area contributed by atoms with Crippen molar-refractivity contribution in [2.45, 2.75) is 0 Å². The Morgan fingerprint density at radius 3 is 2.44 bits per heavy atom. The van der Waals surface area contributed by atoms with Crippen molar-refractivity contribution in [2.24, 2.45) is 5.10 Å². The maximum Gasteiger partial charge on any atom is 0.270 e. The van der Waals surface area contributed by atoms with E-state index >= 15 is 0 Å². The van der Waals surface area contributed by atoms with Gasteiger partial charge in [-0.15, -0.1) is 10.2 Å². The number of hydrazine groups is 2. The summed E-state index contributed by atoms with van der Waals surface area (Å²) in [5.41, 5.74) is 5.30. The number of non-ortho nitro benzene ring substituents is 1. The number of hydrogen-bond donors (Lipinski definition) is 1. The number of anilines is 2. The van der Waals surface area contributed by atoms with Crippen molar-refractivity contribution >= 4 is 34.5 Å². The summed E-state index contributed by atoms with van der Waals surface area (Å²) in [6.07, 6.45) is 0.